The van der Waals surface area contributed by atoms with Gasteiger partial charge in [-0.1, -0.05) is 368 Å². The number of nitrogens with one attached hydrogen (secondary N) is 1. The lowest BCUT2D eigenvalue weighted by molar-refractivity contribution is 1.29. The van der Waals surface area contributed by atoms with Crippen molar-refractivity contribution in [3.05, 3.63) is 453 Å². The fourth-order valence-corrected chi connectivity index (χ4v) is 18.7. The minimum absolute atomic E-state index is 1.07. The third-order valence-corrected chi connectivity index (χ3v) is 24.8. The number of rotatable bonds is 9. The monoisotopic (exact) mass is 1570 g/mol. The largest absolute Gasteiger partial charge is 0.356 e. The van der Waals surface area contributed by atoms with Crippen molar-refractivity contribution in [2.75, 3.05) is 10.2 Å². The van der Waals surface area contributed by atoms with Crippen molar-refractivity contribution < 1.29 is 0 Å². The second-order valence-corrected chi connectivity index (χ2v) is 32.1. The molecule has 0 amide bonds. The molecule has 0 aromatic heterocycles. The van der Waals surface area contributed by atoms with Crippen LogP contribution in [0.3, 0.4) is 0 Å². The summed E-state index contributed by atoms with van der Waals surface area (Å²) in [5.41, 5.74) is 15.2. The van der Waals surface area contributed by atoms with Crippen LogP contribution in [0.5, 0.6) is 0 Å². The Morgan fingerprint density at radius 2 is 0.353 bits per heavy atom. The van der Waals surface area contributed by atoms with Crippen LogP contribution >= 0.6 is 15.9 Å². The Balaban J connectivity index is 0.000000122. The smallest absolute Gasteiger partial charge is 0.0468 e. The van der Waals surface area contributed by atoms with Crippen molar-refractivity contribution in [3.63, 3.8) is 0 Å². The topological polar surface area (TPSA) is 15.3 Å². The third-order valence-electron chi connectivity index (χ3n) is 24.3. The standard InChI is InChI=1S/C58H37N.C40H27N.C18H11Br/c1-3-11-49-40(9-1)17-19-42-21-23-44(35-56(42)49)38-25-29-46(30-26-38)59(48-33-34-55-53-15-6-5-13-51(53)52-14-7-8-16-54(52)58(55)37-48)47-31-27-39(28-32-47)45-24-22-43-20-18-41-10-2-4-12-50(41)57(43)36-45;1-3-7-37-29(5-1)9-11-31-13-15-33(25-39(31)37)27-17-21-35(22-18-27)41-36-23-19-28(20-24-36)34-16-14-32-12-10-30-6-2-4-8-38(30)40(32)26-34;19-12-9-10-17-15-7-2-1-5-13(15)14-6-3-4-8-16(14)18(17)11-12/h1-37H;1-26,41H;1-11H. The van der Waals surface area contributed by atoms with Crippen LogP contribution in [-0.2, 0) is 0 Å². The van der Waals surface area contributed by atoms with E-state index in [4.69, 9.17) is 0 Å². The number of halogens is 1. The SMILES string of the molecule is Brc1ccc2c3ccccc3c3ccccc3c2c1.c1ccc2c(c1)ccc1ccc(-c3ccc(N(c4ccc(-c5ccc6ccc7ccccc7c6c5)cc4)c4ccc5c6ccccc6c6ccccc6c5c4)cc3)cc12.c1ccc2c(c1)ccc1ccc(-c3ccc(Nc4ccc(-c5ccc6ccc7ccccc7c6c5)cc4)cc3)cc12. The lowest BCUT2D eigenvalue weighted by Gasteiger charge is -2.27. The molecule has 0 fully saturated rings. The number of hydrogen-bond donors (Lipinski definition) is 1. The number of benzene rings is 24. The highest BCUT2D eigenvalue weighted by Gasteiger charge is 2.19. The Hall–Kier alpha value is -15.0. The third kappa shape index (κ3) is 13.1. The highest BCUT2D eigenvalue weighted by atomic mass is 79.9. The quantitative estimate of drug-likeness (QED) is 0.145. The molecule has 3 heteroatoms. The van der Waals surface area contributed by atoms with Gasteiger partial charge in [0.25, 0.3) is 0 Å². The van der Waals surface area contributed by atoms with Gasteiger partial charge < -0.3 is 10.2 Å². The molecule has 0 atom stereocenters. The number of hydrogen-bond acceptors (Lipinski definition) is 2. The first-order chi connectivity index (χ1) is 58.9. The Labute approximate surface area is 698 Å². The zero-order chi connectivity index (χ0) is 78.9. The molecule has 1 N–H and O–H groups in total. The van der Waals surface area contributed by atoms with Crippen molar-refractivity contribution in [1.82, 2.24) is 0 Å². The summed E-state index contributed by atoms with van der Waals surface area (Å²) in [5.74, 6) is 0. The maximum Gasteiger partial charge on any atom is 0.0468 e. The fraction of sp³-hybridized carbons (Fsp3) is 0. The predicted octanol–water partition coefficient (Wildman–Crippen LogP) is 33.8. The van der Waals surface area contributed by atoms with Gasteiger partial charge in [-0.25, -0.2) is 0 Å². The molecule has 0 saturated carbocycles. The molecule has 0 aliphatic carbocycles. The number of anilines is 5. The maximum absolute atomic E-state index is 3.58. The summed E-state index contributed by atoms with van der Waals surface area (Å²) in [7, 11) is 0. The Kier molecular flexibility index (Phi) is 17.8. The van der Waals surface area contributed by atoms with Crippen molar-refractivity contribution in [2.45, 2.75) is 0 Å². The molecule has 24 aromatic rings. The summed E-state index contributed by atoms with van der Waals surface area (Å²) >= 11 is 3.58. The van der Waals surface area contributed by atoms with Gasteiger partial charge in [-0.3, -0.25) is 0 Å². The van der Waals surface area contributed by atoms with Gasteiger partial charge in [-0.05, 0) is 292 Å². The van der Waals surface area contributed by atoms with Gasteiger partial charge >= 0.3 is 0 Å². The van der Waals surface area contributed by atoms with E-state index < -0.39 is 0 Å². The molecule has 0 radical (unpaired) electrons. The zero-order valence-electron chi connectivity index (χ0n) is 65.0. The van der Waals surface area contributed by atoms with E-state index in [-0.39, 0.29) is 0 Å². The Morgan fingerprint density at radius 3 is 0.655 bits per heavy atom. The Bertz CT molecular complexity index is 7740. The van der Waals surface area contributed by atoms with Crippen LogP contribution in [0, 0.1) is 0 Å². The van der Waals surface area contributed by atoms with E-state index in [0.29, 0.717) is 0 Å². The van der Waals surface area contributed by atoms with Crippen molar-refractivity contribution in [2.24, 2.45) is 0 Å². The van der Waals surface area contributed by atoms with E-state index in [9.17, 15) is 0 Å². The summed E-state index contributed by atoms with van der Waals surface area (Å²) in [6, 6.07) is 163. The highest BCUT2D eigenvalue weighted by Crippen LogP contribution is 2.45. The summed E-state index contributed by atoms with van der Waals surface area (Å²) in [4.78, 5) is 2.40. The van der Waals surface area contributed by atoms with Gasteiger partial charge in [0.15, 0.2) is 0 Å². The van der Waals surface area contributed by atoms with Gasteiger partial charge in [0, 0.05) is 32.9 Å². The molecule has 0 unspecified atom stereocenters. The first-order valence-corrected chi connectivity index (χ1v) is 41.6. The first-order valence-electron chi connectivity index (χ1n) is 40.8. The molecule has 0 bridgehead atoms. The van der Waals surface area contributed by atoms with Gasteiger partial charge in [0.1, 0.15) is 0 Å². The number of nitrogens with zero attached hydrogens (tertiary/aromatic N) is 1. The molecule has 119 heavy (non-hydrogen) atoms. The van der Waals surface area contributed by atoms with Crippen LogP contribution in [0.15, 0.2) is 453 Å². The van der Waals surface area contributed by atoms with Gasteiger partial charge in [0.05, 0.1) is 0 Å². The minimum atomic E-state index is 1.07. The molecule has 0 heterocycles. The van der Waals surface area contributed by atoms with Crippen molar-refractivity contribution in [1.29, 1.82) is 0 Å². The molecule has 0 saturated heterocycles. The van der Waals surface area contributed by atoms with Crippen LogP contribution in [0.25, 0.3) is 195 Å². The van der Waals surface area contributed by atoms with E-state index >= 15 is 0 Å². The fourth-order valence-electron chi connectivity index (χ4n) is 18.4. The molecular formula is C116H75BrN2. The Morgan fingerprint density at radius 1 is 0.143 bits per heavy atom. The van der Waals surface area contributed by atoms with E-state index in [0.717, 1.165) is 32.9 Å². The van der Waals surface area contributed by atoms with Crippen LogP contribution in [0.4, 0.5) is 28.4 Å². The van der Waals surface area contributed by atoms with Crippen molar-refractivity contribution >= 4 is 195 Å². The van der Waals surface area contributed by atoms with Crippen LogP contribution in [0.1, 0.15) is 0 Å². The summed E-state index contributed by atoms with van der Waals surface area (Å²) in [6.07, 6.45) is 0. The predicted molar refractivity (Wildman–Crippen MR) is 518 cm³/mol. The summed E-state index contributed by atoms with van der Waals surface area (Å²) < 4.78 is 1.13. The number of fused-ring (bicyclic) bond motifs is 24. The molecule has 0 aliphatic heterocycles. The van der Waals surface area contributed by atoms with Crippen LogP contribution < -0.4 is 10.2 Å². The van der Waals surface area contributed by atoms with E-state index in [1.807, 2.05) is 0 Å². The first kappa shape index (κ1) is 70.6. The maximum atomic E-state index is 3.58. The van der Waals surface area contributed by atoms with E-state index in [1.54, 1.807) is 0 Å². The van der Waals surface area contributed by atoms with Gasteiger partial charge in [-0.2, -0.15) is 0 Å². The second kappa shape index (κ2) is 30.0. The van der Waals surface area contributed by atoms with Gasteiger partial charge in [0.2, 0.25) is 0 Å². The summed E-state index contributed by atoms with van der Waals surface area (Å²) in [6.45, 7) is 0. The van der Waals surface area contributed by atoms with Gasteiger partial charge in [-0.15, -0.1) is 0 Å². The molecule has 556 valence electrons. The zero-order valence-corrected chi connectivity index (χ0v) is 66.6. The molecule has 0 spiro atoms. The normalized spacial score (nSPS) is 11.6. The van der Waals surface area contributed by atoms with Crippen LogP contribution in [-0.4, -0.2) is 0 Å². The average molecular weight is 1580 g/mol. The van der Waals surface area contributed by atoms with E-state index in [1.165, 1.54) is 195 Å². The lowest BCUT2D eigenvalue weighted by atomic mass is 9.94. The molecule has 2 nitrogen and oxygen atoms in total. The lowest BCUT2D eigenvalue weighted by Crippen LogP contribution is -2.10. The molecule has 24 aromatic carbocycles. The molecular weight excluding hydrogens is 1500 g/mol. The average Bonchev–Trinajstić information content (AvgIpc) is 0.743. The van der Waals surface area contributed by atoms with E-state index in [2.05, 4.69) is 475 Å². The molecule has 24 rings (SSSR count). The van der Waals surface area contributed by atoms with Crippen LogP contribution in [0.2, 0.25) is 0 Å². The second-order valence-electron chi connectivity index (χ2n) is 31.2. The summed E-state index contributed by atoms with van der Waals surface area (Å²) in [5, 5.41) is 39.5. The van der Waals surface area contributed by atoms with Crippen molar-refractivity contribution in [3.8, 4) is 44.5 Å². The minimum Gasteiger partial charge on any atom is -0.356 e. The highest BCUT2D eigenvalue weighted by molar-refractivity contribution is 9.10. The molecule has 0 aliphatic rings.